The summed E-state index contributed by atoms with van der Waals surface area (Å²) in [5.41, 5.74) is 3.52. The molecule has 0 fully saturated rings. The molecule has 3 rings (SSSR count). The van der Waals surface area contributed by atoms with Gasteiger partial charge in [0.05, 0.1) is 10.6 Å². The maximum Gasteiger partial charge on any atom is 0.264 e. The summed E-state index contributed by atoms with van der Waals surface area (Å²) in [6, 6.07) is 19.7. The van der Waals surface area contributed by atoms with Crippen molar-refractivity contribution < 1.29 is 17.6 Å². The van der Waals surface area contributed by atoms with E-state index in [0.29, 0.717) is 6.54 Å². The normalized spacial score (nSPS) is 11.2. The predicted octanol–water partition coefficient (Wildman–Crippen LogP) is 4.39. The van der Waals surface area contributed by atoms with E-state index in [2.05, 4.69) is 17.4 Å². The molecule has 1 N–H and O–H groups in total. The van der Waals surface area contributed by atoms with Crippen LogP contribution in [0.3, 0.4) is 0 Å². The van der Waals surface area contributed by atoms with Gasteiger partial charge >= 0.3 is 0 Å². The van der Waals surface area contributed by atoms with Gasteiger partial charge in [-0.2, -0.15) is 0 Å². The Morgan fingerprint density at radius 3 is 2.03 bits per heavy atom. The fourth-order valence-electron chi connectivity index (χ4n) is 3.22. The van der Waals surface area contributed by atoms with E-state index in [1.54, 1.807) is 12.1 Å². The van der Waals surface area contributed by atoms with E-state index in [1.165, 1.54) is 47.5 Å². The van der Waals surface area contributed by atoms with Gasteiger partial charge in [0, 0.05) is 6.54 Å². The minimum Gasteiger partial charge on any atom is -0.355 e. The van der Waals surface area contributed by atoms with E-state index in [1.807, 2.05) is 26.0 Å². The second kappa shape index (κ2) is 10.4. The molecule has 0 saturated heterocycles. The van der Waals surface area contributed by atoms with Crippen molar-refractivity contribution in [3.05, 3.63) is 95.3 Å². The molecule has 3 aromatic carbocycles. The molecule has 5 nitrogen and oxygen atoms in total. The maximum atomic E-state index is 13.4. The van der Waals surface area contributed by atoms with E-state index < -0.39 is 28.3 Å². The molecule has 3 aromatic rings. The molecular formula is C25H27FN2O3S. The lowest BCUT2D eigenvalue weighted by Gasteiger charge is -2.24. The van der Waals surface area contributed by atoms with Crippen LogP contribution in [0.15, 0.2) is 77.7 Å². The SMILES string of the molecule is Cc1ccc(CCCNC(=O)CN(c2ccc(F)cc2)S(=O)(=O)c2ccc(C)cc2)cc1. The molecular weight excluding hydrogens is 427 g/mol. The van der Waals surface area contributed by atoms with Crippen LogP contribution in [0.4, 0.5) is 10.1 Å². The number of anilines is 1. The monoisotopic (exact) mass is 454 g/mol. The Morgan fingerprint density at radius 2 is 1.44 bits per heavy atom. The van der Waals surface area contributed by atoms with Crippen LogP contribution in [-0.4, -0.2) is 27.4 Å². The molecule has 0 aliphatic carbocycles. The molecule has 0 unspecified atom stereocenters. The van der Waals surface area contributed by atoms with Crippen LogP contribution in [0.5, 0.6) is 0 Å². The van der Waals surface area contributed by atoms with Crippen molar-refractivity contribution in [2.75, 3.05) is 17.4 Å². The number of nitrogens with zero attached hydrogens (tertiary/aromatic N) is 1. The van der Waals surface area contributed by atoms with Crippen LogP contribution >= 0.6 is 0 Å². The molecule has 7 heteroatoms. The first-order chi connectivity index (χ1) is 15.3. The van der Waals surface area contributed by atoms with E-state index in [-0.39, 0.29) is 10.6 Å². The molecule has 0 aliphatic heterocycles. The zero-order valence-corrected chi connectivity index (χ0v) is 19.0. The first kappa shape index (κ1) is 23.5. The third-order valence-electron chi connectivity index (χ3n) is 5.10. The summed E-state index contributed by atoms with van der Waals surface area (Å²) < 4.78 is 40.9. The van der Waals surface area contributed by atoms with Gasteiger partial charge in [0.25, 0.3) is 10.0 Å². The minimum absolute atomic E-state index is 0.0691. The highest BCUT2D eigenvalue weighted by Crippen LogP contribution is 2.24. The highest BCUT2D eigenvalue weighted by molar-refractivity contribution is 7.92. The van der Waals surface area contributed by atoms with Crippen molar-refractivity contribution >= 4 is 21.6 Å². The Labute approximate surface area is 188 Å². The Bertz CT molecular complexity index is 1140. The van der Waals surface area contributed by atoms with Crippen LogP contribution < -0.4 is 9.62 Å². The summed E-state index contributed by atoms with van der Waals surface area (Å²) in [6.45, 7) is 3.92. The molecule has 0 spiro atoms. The maximum absolute atomic E-state index is 13.4. The van der Waals surface area contributed by atoms with E-state index >= 15 is 0 Å². The lowest BCUT2D eigenvalue weighted by atomic mass is 10.1. The largest absolute Gasteiger partial charge is 0.355 e. The summed E-state index contributed by atoms with van der Waals surface area (Å²) in [5.74, 6) is -0.907. The standard InChI is InChI=1S/C25H27FN2O3S/c1-19-5-9-21(10-6-19)4-3-17-27-25(29)18-28(23-13-11-22(26)12-14-23)32(30,31)24-15-7-20(2)8-16-24/h5-16H,3-4,17-18H2,1-2H3,(H,27,29). The average Bonchev–Trinajstić information content (AvgIpc) is 2.77. The number of hydrogen-bond donors (Lipinski definition) is 1. The smallest absolute Gasteiger partial charge is 0.264 e. The minimum atomic E-state index is -4.01. The Hall–Kier alpha value is -3.19. The van der Waals surface area contributed by atoms with Crippen molar-refractivity contribution in [3.8, 4) is 0 Å². The van der Waals surface area contributed by atoms with Crippen LogP contribution in [0.2, 0.25) is 0 Å². The number of rotatable bonds is 9. The Kier molecular flexibility index (Phi) is 7.64. The summed E-state index contributed by atoms with van der Waals surface area (Å²) in [5, 5.41) is 2.79. The molecule has 0 aliphatic rings. The number of hydrogen-bond acceptors (Lipinski definition) is 3. The second-order valence-electron chi connectivity index (χ2n) is 7.74. The molecule has 0 atom stereocenters. The van der Waals surface area contributed by atoms with E-state index in [0.717, 1.165) is 22.7 Å². The quantitative estimate of drug-likeness (QED) is 0.488. The van der Waals surface area contributed by atoms with Gasteiger partial charge in [0.1, 0.15) is 12.4 Å². The Morgan fingerprint density at radius 1 is 0.875 bits per heavy atom. The van der Waals surface area contributed by atoms with Crippen molar-refractivity contribution in [3.63, 3.8) is 0 Å². The summed E-state index contributed by atoms with van der Waals surface area (Å²) in [4.78, 5) is 12.7. The first-order valence-corrected chi connectivity index (χ1v) is 11.9. The lowest BCUT2D eigenvalue weighted by molar-refractivity contribution is -0.119. The molecule has 168 valence electrons. The van der Waals surface area contributed by atoms with Crippen molar-refractivity contribution in [2.45, 2.75) is 31.6 Å². The number of aryl methyl sites for hydroxylation is 3. The molecule has 32 heavy (non-hydrogen) atoms. The van der Waals surface area contributed by atoms with Crippen LogP contribution in [0, 0.1) is 19.7 Å². The summed E-state index contributed by atoms with van der Waals surface area (Å²) >= 11 is 0. The summed E-state index contributed by atoms with van der Waals surface area (Å²) in [6.07, 6.45) is 1.54. The highest BCUT2D eigenvalue weighted by Gasteiger charge is 2.27. The first-order valence-electron chi connectivity index (χ1n) is 10.4. The fourth-order valence-corrected chi connectivity index (χ4v) is 4.64. The van der Waals surface area contributed by atoms with E-state index in [4.69, 9.17) is 0 Å². The number of benzene rings is 3. The molecule has 1 amide bonds. The lowest BCUT2D eigenvalue weighted by Crippen LogP contribution is -2.41. The average molecular weight is 455 g/mol. The fraction of sp³-hybridized carbons (Fsp3) is 0.240. The third-order valence-corrected chi connectivity index (χ3v) is 6.88. The van der Waals surface area contributed by atoms with Crippen LogP contribution in [0.25, 0.3) is 0 Å². The van der Waals surface area contributed by atoms with Crippen molar-refractivity contribution in [1.82, 2.24) is 5.32 Å². The van der Waals surface area contributed by atoms with E-state index in [9.17, 15) is 17.6 Å². The second-order valence-corrected chi connectivity index (χ2v) is 9.60. The topological polar surface area (TPSA) is 66.5 Å². The van der Waals surface area contributed by atoms with Crippen LogP contribution in [0.1, 0.15) is 23.1 Å². The number of amides is 1. The van der Waals surface area contributed by atoms with Crippen molar-refractivity contribution in [1.29, 1.82) is 0 Å². The predicted molar refractivity (Wildman–Crippen MR) is 125 cm³/mol. The van der Waals surface area contributed by atoms with Gasteiger partial charge in [-0.25, -0.2) is 12.8 Å². The van der Waals surface area contributed by atoms with Crippen LogP contribution in [-0.2, 0) is 21.2 Å². The molecule has 0 saturated carbocycles. The number of carbonyl (C=O) groups excluding carboxylic acids is 1. The molecule has 0 aromatic heterocycles. The van der Waals surface area contributed by atoms with Gasteiger partial charge in [-0.15, -0.1) is 0 Å². The third kappa shape index (κ3) is 6.17. The van der Waals surface area contributed by atoms with Gasteiger partial charge < -0.3 is 5.32 Å². The van der Waals surface area contributed by atoms with Gasteiger partial charge in [-0.05, 0) is 68.7 Å². The number of carbonyl (C=O) groups is 1. The van der Waals surface area contributed by atoms with Gasteiger partial charge in [0.2, 0.25) is 5.91 Å². The zero-order valence-electron chi connectivity index (χ0n) is 18.2. The van der Waals surface area contributed by atoms with Crippen molar-refractivity contribution in [2.24, 2.45) is 0 Å². The molecule has 0 heterocycles. The molecule has 0 radical (unpaired) electrons. The van der Waals surface area contributed by atoms with Gasteiger partial charge in [-0.1, -0.05) is 47.5 Å². The van der Waals surface area contributed by atoms with Gasteiger partial charge in [0.15, 0.2) is 0 Å². The van der Waals surface area contributed by atoms with Gasteiger partial charge in [-0.3, -0.25) is 9.10 Å². The number of nitrogens with one attached hydrogen (secondary N) is 1. The summed E-state index contributed by atoms with van der Waals surface area (Å²) in [7, 11) is -4.01. The number of halogens is 1. The highest BCUT2D eigenvalue weighted by atomic mass is 32.2. The zero-order chi connectivity index (χ0) is 23.1. The Balaban J connectivity index is 1.69. The number of sulfonamides is 1. The molecule has 0 bridgehead atoms.